The van der Waals surface area contributed by atoms with Gasteiger partial charge in [0.25, 0.3) is 11.8 Å². The summed E-state index contributed by atoms with van der Waals surface area (Å²) in [5, 5.41) is 3.78. The number of ether oxygens (including phenoxy) is 1. The molecule has 3 N–H and O–H groups in total. The number of hydrogen-bond acceptors (Lipinski definition) is 5. The van der Waals surface area contributed by atoms with Crippen LogP contribution in [0.4, 0.5) is 5.00 Å². The third-order valence-electron chi connectivity index (χ3n) is 4.25. The lowest BCUT2D eigenvalue weighted by Gasteiger charge is -2.25. The van der Waals surface area contributed by atoms with Crippen molar-refractivity contribution >= 4 is 57.3 Å². The maximum absolute atomic E-state index is 12.3. The van der Waals surface area contributed by atoms with E-state index in [1.165, 1.54) is 24.3 Å². The molecule has 148 valence electrons. The molecule has 1 aliphatic rings. The smallest absolute Gasteiger partial charge is 0.262 e. The Morgan fingerprint density at radius 2 is 2.07 bits per heavy atom. The van der Waals surface area contributed by atoms with Gasteiger partial charge in [0, 0.05) is 23.4 Å². The number of fused-ring (bicyclic) bond motifs is 1. The highest BCUT2D eigenvalue weighted by Gasteiger charge is 2.28. The summed E-state index contributed by atoms with van der Waals surface area (Å²) < 4.78 is 5.41. The Morgan fingerprint density at radius 1 is 1.32 bits per heavy atom. The summed E-state index contributed by atoms with van der Waals surface area (Å²) in [5.74, 6) is -0.807. The number of amides is 3. The molecule has 3 rings (SSSR count). The third-order valence-corrected chi connectivity index (χ3v) is 5.92. The predicted octanol–water partition coefficient (Wildman–Crippen LogP) is 3.08. The van der Waals surface area contributed by atoms with E-state index in [0.29, 0.717) is 40.8 Å². The van der Waals surface area contributed by atoms with Crippen LogP contribution in [0.2, 0.25) is 10.0 Å². The summed E-state index contributed by atoms with van der Waals surface area (Å²) in [6, 6.07) is 4.67. The van der Waals surface area contributed by atoms with Crippen molar-refractivity contribution in [3.8, 4) is 5.75 Å². The van der Waals surface area contributed by atoms with E-state index < -0.39 is 11.8 Å². The van der Waals surface area contributed by atoms with Crippen molar-refractivity contribution in [2.24, 2.45) is 5.73 Å². The maximum Gasteiger partial charge on any atom is 0.262 e. The Balaban J connectivity index is 1.73. The number of halogens is 2. The van der Waals surface area contributed by atoms with Crippen molar-refractivity contribution < 1.29 is 19.1 Å². The fourth-order valence-electron chi connectivity index (χ4n) is 2.92. The monoisotopic (exact) mass is 441 g/mol. The second-order valence-corrected chi connectivity index (χ2v) is 8.12. The molecule has 0 spiro atoms. The van der Waals surface area contributed by atoms with Crippen LogP contribution in [-0.2, 0) is 22.6 Å². The number of carbonyl (C=O) groups excluding carboxylic acids is 3. The Labute approximate surface area is 175 Å². The third kappa shape index (κ3) is 4.40. The zero-order chi connectivity index (χ0) is 20.4. The highest BCUT2D eigenvalue weighted by Crippen LogP contribution is 2.37. The van der Waals surface area contributed by atoms with E-state index in [2.05, 4.69) is 5.32 Å². The molecule has 7 nitrogen and oxygen atoms in total. The molecule has 1 aliphatic heterocycles. The van der Waals surface area contributed by atoms with E-state index >= 15 is 0 Å². The maximum atomic E-state index is 12.3. The fraction of sp³-hybridized carbons (Fsp3) is 0.278. The number of hydrogen-bond donors (Lipinski definition) is 2. The number of rotatable bonds is 5. The zero-order valence-electron chi connectivity index (χ0n) is 14.9. The van der Waals surface area contributed by atoms with Crippen LogP contribution in [0.5, 0.6) is 5.75 Å². The molecule has 2 heterocycles. The number of benzene rings is 1. The van der Waals surface area contributed by atoms with E-state index in [1.54, 1.807) is 17.0 Å². The van der Waals surface area contributed by atoms with E-state index in [4.69, 9.17) is 33.7 Å². The van der Waals surface area contributed by atoms with Crippen LogP contribution in [0.25, 0.3) is 0 Å². The summed E-state index contributed by atoms with van der Waals surface area (Å²) >= 11 is 13.1. The van der Waals surface area contributed by atoms with Gasteiger partial charge < -0.3 is 20.7 Å². The SMILES string of the molecule is CC(=O)N1CCc2c(sc(NC(=O)COc3ccc(Cl)cc3Cl)c2C(N)=O)C1. The summed E-state index contributed by atoms with van der Waals surface area (Å²) in [6.07, 6.45) is 0.510. The van der Waals surface area contributed by atoms with Crippen LogP contribution >= 0.6 is 34.5 Å². The minimum absolute atomic E-state index is 0.0431. The van der Waals surface area contributed by atoms with Gasteiger partial charge in [0.1, 0.15) is 10.8 Å². The second-order valence-electron chi connectivity index (χ2n) is 6.17. The molecule has 1 aromatic heterocycles. The van der Waals surface area contributed by atoms with Crippen LogP contribution < -0.4 is 15.8 Å². The van der Waals surface area contributed by atoms with Gasteiger partial charge >= 0.3 is 0 Å². The molecule has 0 saturated heterocycles. The number of carbonyl (C=O) groups is 3. The first-order valence-corrected chi connectivity index (χ1v) is 9.91. The van der Waals surface area contributed by atoms with Crippen molar-refractivity contribution in [1.82, 2.24) is 4.90 Å². The highest BCUT2D eigenvalue weighted by molar-refractivity contribution is 7.17. The molecule has 0 radical (unpaired) electrons. The van der Waals surface area contributed by atoms with Gasteiger partial charge in [-0.05, 0) is 30.2 Å². The number of nitrogens with zero attached hydrogens (tertiary/aromatic N) is 1. The molecule has 0 atom stereocenters. The Kier molecular flexibility index (Phi) is 6.12. The van der Waals surface area contributed by atoms with Crippen LogP contribution in [-0.4, -0.2) is 35.8 Å². The molecule has 0 bridgehead atoms. The van der Waals surface area contributed by atoms with Crippen LogP contribution in [0, 0.1) is 0 Å². The quantitative estimate of drug-likeness (QED) is 0.743. The Bertz CT molecular complexity index is 961. The normalized spacial score (nSPS) is 13.0. The molecular formula is C18H17Cl2N3O4S. The number of nitrogens with one attached hydrogen (secondary N) is 1. The Hall–Kier alpha value is -2.29. The summed E-state index contributed by atoms with van der Waals surface area (Å²) in [4.78, 5) is 38.4. The zero-order valence-corrected chi connectivity index (χ0v) is 17.2. The van der Waals surface area contributed by atoms with Gasteiger partial charge in [-0.25, -0.2) is 0 Å². The van der Waals surface area contributed by atoms with Gasteiger partial charge in [0.15, 0.2) is 6.61 Å². The average Bonchev–Trinajstić information content (AvgIpc) is 2.97. The molecule has 10 heteroatoms. The van der Waals surface area contributed by atoms with Crippen LogP contribution in [0.15, 0.2) is 18.2 Å². The molecule has 0 fully saturated rings. The van der Waals surface area contributed by atoms with E-state index in [1.807, 2.05) is 0 Å². The molecule has 2 aromatic rings. The number of nitrogens with two attached hydrogens (primary N) is 1. The fourth-order valence-corrected chi connectivity index (χ4v) is 4.67. The molecular weight excluding hydrogens is 425 g/mol. The highest BCUT2D eigenvalue weighted by atomic mass is 35.5. The number of thiophene rings is 1. The van der Waals surface area contributed by atoms with Gasteiger partial charge in [-0.2, -0.15) is 0 Å². The average molecular weight is 442 g/mol. The number of primary amides is 1. The van der Waals surface area contributed by atoms with Gasteiger partial charge in [-0.3, -0.25) is 14.4 Å². The first kappa shape index (κ1) is 20.4. The van der Waals surface area contributed by atoms with E-state index in [9.17, 15) is 14.4 Å². The molecule has 28 heavy (non-hydrogen) atoms. The van der Waals surface area contributed by atoms with E-state index in [0.717, 1.165) is 10.4 Å². The summed E-state index contributed by atoms with van der Waals surface area (Å²) in [6.45, 7) is 2.09. The number of anilines is 1. The van der Waals surface area contributed by atoms with Gasteiger partial charge in [-0.15, -0.1) is 11.3 Å². The summed E-state index contributed by atoms with van der Waals surface area (Å²) in [7, 11) is 0. The second kappa shape index (κ2) is 8.38. The summed E-state index contributed by atoms with van der Waals surface area (Å²) in [5.41, 5.74) is 6.60. The minimum Gasteiger partial charge on any atom is -0.482 e. The topological polar surface area (TPSA) is 102 Å². The van der Waals surface area contributed by atoms with Crippen molar-refractivity contribution in [3.05, 3.63) is 44.2 Å². The van der Waals surface area contributed by atoms with Crippen LogP contribution in [0.3, 0.4) is 0 Å². The van der Waals surface area contributed by atoms with Gasteiger partial charge in [0.2, 0.25) is 5.91 Å². The van der Waals surface area contributed by atoms with Crippen molar-refractivity contribution in [2.45, 2.75) is 19.9 Å². The molecule has 1 aromatic carbocycles. The first-order chi connectivity index (χ1) is 13.3. The first-order valence-electron chi connectivity index (χ1n) is 8.33. The van der Waals surface area contributed by atoms with Crippen molar-refractivity contribution in [3.63, 3.8) is 0 Å². The van der Waals surface area contributed by atoms with Crippen molar-refractivity contribution in [1.29, 1.82) is 0 Å². The van der Waals surface area contributed by atoms with Gasteiger partial charge in [-0.1, -0.05) is 23.2 Å². The predicted molar refractivity (Wildman–Crippen MR) is 108 cm³/mol. The lowest BCUT2D eigenvalue weighted by atomic mass is 10.0. The van der Waals surface area contributed by atoms with Crippen molar-refractivity contribution in [2.75, 3.05) is 18.5 Å². The Morgan fingerprint density at radius 3 is 2.71 bits per heavy atom. The van der Waals surface area contributed by atoms with Crippen LogP contribution in [0.1, 0.15) is 27.7 Å². The lowest BCUT2D eigenvalue weighted by molar-refractivity contribution is -0.129. The largest absolute Gasteiger partial charge is 0.482 e. The molecule has 3 amide bonds. The minimum atomic E-state index is -0.620. The lowest BCUT2D eigenvalue weighted by Crippen LogP contribution is -2.34. The van der Waals surface area contributed by atoms with E-state index in [-0.39, 0.29) is 17.5 Å². The molecule has 0 saturated carbocycles. The molecule has 0 aliphatic carbocycles. The molecule has 0 unspecified atom stereocenters. The van der Waals surface area contributed by atoms with Gasteiger partial charge in [0.05, 0.1) is 17.1 Å². The standard InChI is InChI=1S/C18H17Cl2N3O4S/c1-9(24)23-5-4-11-14(7-23)28-18(16(11)17(21)26)22-15(25)8-27-13-3-2-10(19)6-12(13)20/h2-3,6H,4-5,7-8H2,1H3,(H2,21,26)(H,22,25).